The van der Waals surface area contributed by atoms with Crippen LogP contribution in [0, 0.1) is 0 Å². The van der Waals surface area contributed by atoms with Crippen molar-refractivity contribution in [2.75, 3.05) is 25.3 Å². The molecule has 0 saturated heterocycles. The Bertz CT molecular complexity index is 393. The molecule has 5 nitrogen and oxygen atoms in total. The molecule has 0 fully saturated rings. The molecule has 0 amide bonds. The molecule has 0 bridgehead atoms. The molecule has 0 radical (unpaired) electrons. The Labute approximate surface area is 107 Å². The van der Waals surface area contributed by atoms with Gasteiger partial charge in [0.25, 0.3) is 0 Å². The molecular formula is C13H19NO4. The van der Waals surface area contributed by atoms with Gasteiger partial charge in [-0.05, 0) is 19.1 Å². The SMILES string of the molecule is CCC(C)=O.OCCNc1ccc2c(c1)OCO2. The van der Waals surface area contributed by atoms with Crippen molar-refractivity contribution in [2.24, 2.45) is 0 Å². The number of fused-ring (bicyclic) bond motifs is 1. The first-order valence-corrected chi connectivity index (χ1v) is 5.91. The van der Waals surface area contributed by atoms with Gasteiger partial charge >= 0.3 is 0 Å². The number of anilines is 1. The molecule has 1 aromatic rings. The zero-order valence-electron chi connectivity index (χ0n) is 10.7. The van der Waals surface area contributed by atoms with Crippen molar-refractivity contribution >= 4 is 11.5 Å². The van der Waals surface area contributed by atoms with Crippen LogP contribution in [0.4, 0.5) is 5.69 Å². The largest absolute Gasteiger partial charge is 0.454 e. The summed E-state index contributed by atoms with van der Waals surface area (Å²) < 4.78 is 10.4. The summed E-state index contributed by atoms with van der Waals surface area (Å²) >= 11 is 0. The van der Waals surface area contributed by atoms with Gasteiger partial charge in [-0.3, -0.25) is 0 Å². The number of ether oxygens (including phenoxy) is 2. The van der Waals surface area contributed by atoms with E-state index < -0.39 is 0 Å². The van der Waals surface area contributed by atoms with E-state index in [0.29, 0.717) is 19.8 Å². The average Bonchev–Trinajstić information content (AvgIpc) is 2.84. The Balaban J connectivity index is 0.000000280. The molecule has 1 aliphatic rings. The van der Waals surface area contributed by atoms with Gasteiger partial charge in [0.2, 0.25) is 6.79 Å². The fourth-order valence-corrected chi connectivity index (χ4v) is 1.21. The van der Waals surface area contributed by atoms with Crippen LogP contribution in [0.3, 0.4) is 0 Å². The normalized spacial score (nSPS) is 11.5. The monoisotopic (exact) mass is 253 g/mol. The third-order valence-electron chi connectivity index (χ3n) is 2.31. The summed E-state index contributed by atoms with van der Waals surface area (Å²) in [5, 5.41) is 11.6. The van der Waals surface area contributed by atoms with Crippen LogP contribution < -0.4 is 14.8 Å². The summed E-state index contributed by atoms with van der Waals surface area (Å²) in [4.78, 5) is 9.81. The molecule has 5 heteroatoms. The van der Waals surface area contributed by atoms with Crippen molar-refractivity contribution in [1.82, 2.24) is 0 Å². The summed E-state index contributed by atoms with van der Waals surface area (Å²) in [7, 11) is 0. The summed E-state index contributed by atoms with van der Waals surface area (Å²) in [5.74, 6) is 1.78. The number of nitrogens with one attached hydrogen (secondary N) is 1. The van der Waals surface area contributed by atoms with Crippen molar-refractivity contribution in [2.45, 2.75) is 20.3 Å². The second-order valence-electron chi connectivity index (χ2n) is 3.77. The molecule has 1 heterocycles. The van der Waals surface area contributed by atoms with Gasteiger partial charge in [-0.2, -0.15) is 0 Å². The van der Waals surface area contributed by atoms with Crippen LogP contribution in [0.1, 0.15) is 20.3 Å². The van der Waals surface area contributed by atoms with Crippen LogP contribution in [0.2, 0.25) is 0 Å². The molecule has 2 rings (SSSR count). The van der Waals surface area contributed by atoms with Crippen LogP contribution in [-0.4, -0.2) is 30.8 Å². The van der Waals surface area contributed by atoms with Crippen molar-refractivity contribution in [3.05, 3.63) is 18.2 Å². The number of ketones is 1. The van der Waals surface area contributed by atoms with E-state index in [0.717, 1.165) is 17.2 Å². The minimum atomic E-state index is 0.119. The van der Waals surface area contributed by atoms with Gasteiger partial charge in [0.1, 0.15) is 5.78 Å². The van der Waals surface area contributed by atoms with E-state index in [1.54, 1.807) is 6.92 Å². The molecule has 18 heavy (non-hydrogen) atoms. The highest BCUT2D eigenvalue weighted by Crippen LogP contribution is 2.33. The predicted molar refractivity (Wildman–Crippen MR) is 69.1 cm³/mol. The second kappa shape index (κ2) is 7.55. The molecule has 0 atom stereocenters. The van der Waals surface area contributed by atoms with Crippen LogP contribution >= 0.6 is 0 Å². The van der Waals surface area contributed by atoms with Gasteiger partial charge in [-0.1, -0.05) is 6.92 Å². The van der Waals surface area contributed by atoms with Gasteiger partial charge in [0.05, 0.1) is 6.61 Å². The maximum absolute atomic E-state index is 9.81. The first-order chi connectivity index (χ1) is 8.67. The number of Topliss-reactive ketones (excluding diaryl/α,β-unsaturated/α-hetero) is 1. The van der Waals surface area contributed by atoms with Gasteiger partial charge < -0.3 is 24.7 Å². The van der Waals surface area contributed by atoms with Crippen LogP contribution in [0.5, 0.6) is 11.5 Å². The van der Waals surface area contributed by atoms with E-state index in [2.05, 4.69) is 5.32 Å². The summed E-state index contributed by atoms with van der Waals surface area (Å²) in [6.45, 7) is 4.38. The van der Waals surface area contributed by atoms with Gasteiger partial charge in [0.15, 0.2) is 11.5 Å². The van der Waals surface area contributed by atoms with Crippen LogP contribution in [0.15, 0.2) is 18.2 Å². The van der Waals surface area contributed by atoms with Crippen LogP contribution in [0.25, 0.3) is 0 Å². The maximum atomic E-state index is 9.81. The van der Waals surface area contributed by atoms with E-state index in [9.17, 15) is 4.79 Å². The zero-order valence-corrected chi connectivity index (χ0v) is 10.7. The Kier molecular flexibility index (Phi) is 6.00. The fourth-order valence-electron chi connectivity index (χ4n) is 1.21. The van der Waals surface area contributed by atoms with E-state index >= 15 is 0 Å². The number of aliphatic hydroxyl groups excluding tert-OH is 1. The topological polar surface area (TPSA) is 67.8 Å². The van der Waals surface area contributed by atoms with Gasteiger partial charge in [-0.15, -0.1) is 0 Å². The van der Waals surface area contributed by atoms with E-state index in [1.807, 2.05) is 25.1 Å². The lowest BCUT2D eigenvalue weighted by atomic mass is 10.3. The quantitative estimate of drug-likeness (QED) is 0.856. The highest BCUT2D eigenvalue weighted by molar-refractivity contribution is 5.74. The number of benzene rings is 1. The van der Waals surface area contributed by atoms with E-state index in [1.165, 1.54) is 0 Å². The lowest BCUT2D eigenvalue weighted by Gasteiger charge is -2.04. The molecule has 0 aromatic heterocycles. The van der Waals surface area contributed by atoms with Crippen molar-refractivity contribution in [3.63, 3.8) is 0 Å². The number of rotatable bonds is 4. The third kappa shape index (κ3) is 4.63. The first kappa shape index (κ1) is 14.3. The van der Waals surface area contributed by atoms with Crippen molar-refractivity contribution in [3.8, 4) is 11.5 Å². The summed E-state index contributed by atoms with van der Waals surface area (Å²) in [5.41, 5.74) is 0.929. The molecular weight excluding hydrogens is 234 g/mol. The number of hydrogen-bond donors (Lipinski definition) is 2. The Morgan fingerprint density at radius 1 is 1.39 bits per heavy atom. The summed E-state index contributed by atoms with van der Waals surface area (Å²) in [6.07, 6.45) is 0.667. The molecule has 0 aliphatic carbocycles. The molecule has 2 N–H and O–H groups in total. The number of hydrogen-bond acceptors (Lipinski definition) is 5. The molecule has 0 spiro atoms. The number of carbonyl (C=O) groups is 1. The van der Waals surface area contributed by atoms with Gasteiger partial charge in [-0.25, -0.2) is 0 Å². The summed E-state index contributed by atoms with van der Waals surface area (Å²) in [6, 6.07) is 5.60. The molecule has 0 saturated carbocycles. The van der Waals surface area contributed by atoms with E-state index in [-0.39, 0.29) is 12.4 Å². The minimum absolute atomic E-state index is 0.119. The molecule has 1 aromatic carbocycles. The highest BCUT2D eigenvalue weighted by Gasteiger charge is 2.12. The Hall–Kier alpha value is -1.75. The zero-order chi connectivity index (χ0) is 13.4. The van der Waals surface area contributed by atoms with Gasteiger partial charge in [0, 0.05) is 24.7 Å². The van der Waals surface area contributed by atoms with Crippen molar-refractivity contribution < 1.29 is 19.4 Å². The Morgan fingerprint density at radius 3 is 2.67 bits per heavy atom. The lowest BCUT2D eigenvalue weighted by Crippen LogP contribution is -2.04. The molecule has 1 aliphatic heterocycles. The standard InChI is InChI=1S/C9H11NO3.C4H8O/c11-4-3-10-7-1-2-8-9(5-7)13-6-12-8;1-3-4(2)5/h1-2,5,10-11H,3-4,6H2;3H2,1-2H3. The second-order valence-corrected chi connectivity index (χ2v) is 3.77. The third-order valence-corrected chi connectivity index (χ3v) is 2.31. The molecule has 0 unspecified atom stereocenters. The number of carbonyl (C=O) groups excluding carboxylic acids is 1. The van der Waals surface area contributed by atoms with E-state index in [4.69, 9.17) is 14.6 Å². The highest BCUT2D eigenvalue weighted by atomic mass is 16.7. The van der Waals surface area contributed by atoms with Crippen LogP contribution in [-0.2, 0) is 4.79 Å². The maximum Gasteiger partial charge on any atom is 0.231 e. The smallest absolute Gasteiger partial charge is 0.231 e. The fraction of sp³-hybridized carbons (Fsp3) is 0.462. The minimum Gasteiger partial charge on any atom is -0.454 e. The Morgan fingerprint density at radius 2 is 2.06 bits per heavy atom. The average molecular weight is 253 g/mol. The first-order valence-electron chi connectivity index (χ1n) is 5.91. The lowest BCUT2D eigenvalue weighted by molar-refractivity contribution is -0.116. The molecule has 100 valence electrons. The van der Waals surface area contributed by atoms with Crippen molar-refractivity contribution in [1.29, 1.82) is 0 Å². The predicted octanol–water partition coefficient (Wildman–Crippen LogP) is 1.80. The number of aliphatic hydroxyl groups is 1.